The van der Waals surface area contributed by atoms with Crippen molar-refractivity contribution in [3.8, 4) is 5.75 Å². The number of carboxylic acid groups (broad SMARTS) is 1. The van der Waals surface area contributed by atoms with E-state index in [0.717, 1.165) is 42.8 Å². The molecule has 2 aromatic carbocycles. The normalized spacial score (nSPS) is 18.2. The van der Waals surface area contributed by atoms with Crippen LogP contribution in [-0.2, 0) is 11.2 Å². The maximum absolute atomic E-state index is 12.6. The quantitative estimate of drug-likeness (QED) is 0.334. The maximum Gasteiger partial charge on any atom is 0.326 e. The average Bonchev–Trinajstić information content (AvgIpc) is 2.86. The van der Waals surface area contributed by atoms with Crippen LogP contribution in [0.3, 0.4) is 0 Å². The maximum atomic E-state index is 12.6. The topological polar surface area (TPSA) is 101 Å². The lowest BCUT2D eigenvalue weighted by atomic mass is 9.93. The van der Waals surface area contributed by atoms with Crippen molar-refractivity contribution in [2.24, 2.45) is 0 Å². The third kappa shape index (κ3) is 6.89. The van der Waals surface area contributed by atoms with E-state index in [-0.39, 0.29) is 28.1 Å². The summed E-state index contributed by atoms with van der Waals surface area (Å²) in [6.45, 7) is 0. The van der Waals surface area contributed by atoms with Gasteiger partial charge in [-0.15, -0.1) is 0 Å². The summed E-state index contributed by atoms with van der Waals surface area (Å²) in [5.41, 5.74) is 0.810. The van der Waals surface area contributed by atoms with E-state index < -0.39 is 17.9 Å². The molecule has 1 amide bonds. The van der Waals surface area contributed by atoms with Crippen LogP contribution in [0, 0.1) is 0 Å². The Morgan fingerprint density at radius 2 is 1.67 bits per heavy atom. The SMILES string of the molecule is O=C(NC(Cc1ccc(OC2CCC(Nc3ccccn3)CC2)cc1)C(=O)O)c1c(Cl)cccc1Cl. The van der Waals surface area contributed by atoms with Gasteiger partial charge in [0.25, 0.3) is 5.91 Å². The number of ether oxygens (including phenoxy) is 1. The number of carboxylic acids is 1. The molecule has 1 saturated carbocycles. The third-order valence-corrected chi connectivity index (χ3v) is 6.78. The van der Waals surface area contributed by atoms with Gasteiger partial charge >= 0.3 is 5.97 Å². The summed E-state index contributed by atoms with van der Waals surface area (Å²) < 4.78 is 6.15. The minimum Gasteiger partial charge on any atom is -0.490 e. The average molecular weight is 528 g/mol. The van der Waals surface area contributed by atoms with E-state index in [1.165, 1.54) is 12.1 Å². The largest absolute Gasteiger partial charge is 0.490 e. The molecule has 188 valence electrons. The van der Waals surface area contributed by atoms with E-state index in [9.17, 15) is 14.7 Å². The van der Waals surface area contributed by atoms with Gasteiger partial charge in [0.05, 0.1) is 21.7 Å². The fraction of sp³-hybridized carbons (Fsp3) is 0.296. The van der Waals surface area contributed by atoms with E-state index in [1.807, 2.05) is 42.5 Å². The Morgan fingerprint density at radius 3 is 2.28 bits per heavy atom. The highest BCUT2D eigenvalue weighted by Crippen LogP contribution is 2.27. The van der Waals surface area contributed by atoms with Crippen molar-refractivity contribution in [1.82, 2.24) is 10.3 Å². The minimum atomic E-state index is -1.15. The van der Waals surface area contributed by atoms with Crippen molar-refractivity contribution in [2.75, 3.05) is 5.32 Å². The van der Waals surface area contributed by atoms with Crippen LogP contribution >= 0.6 is 23.2 Å². The van der Waals surface area contributed by atoms with Gasteiger partial charge in [0, 0.05) is 18.7 Å². The second-order valence-electron chi connectivity index (χ2n) is 8.76. The Kier molecular flexibility index (Phi) is 8.67. The first-order valence-electron chi connectivity index (χ1n) is 11.8. The highest BCUT2D eigenvalue weighted by Gasteiger charge is 2.25. The van der Waals surface area contributed by atoms with Gasteiger partial charge < -0.3 is 20.5 Å². The lowest BCUT2D eigenvalue weighted by molar-refractivity contribution is -0.139. The molecule has 0 bridgehead atoms. The molecule has 1 fully saturated rings. The van der Waals surface area contributed by atoms with E-state index in [4.69, 9.17) is 27.9 Å². The van der Waals surface area contributed by atoms with Gasteiger partial charge in [0.1, 0.15) is 17.6 Å². The summed E-state index contributed by atoms with van der Waals surface area (Å²) >= 11 is 12.2. The number of benzene rings is 2. The van der Waals surface area contributed by atoms with Crippen molar-refractivity contribution in [1.29, 1.82) is 0 Å². The molecule has 36 heavy (non-hydrogen) atoms. The van der Waals surface area contributed by atoms with Gasteiger partial charge in [-0.05, 0) is 67.6 Å². The number of amides is 1. The van der Waals surface area contributed by atoms with Crippen molar-refractivity contribution < 1.29 is 19.4 Å². The van der Waals surface area contributed by atoms with Crippen molar-refractivity contribution in [3.05, 3.63) is 88.0 Å². The molecule has 1 atom stereocenters. The van der Waals surface area contributed by atoms with Crippen LogP contribution in [0.2, 0.25) is 10.0 Å². The zero-order chi connectivity index (χ0) is 25.5. The number of carbonyl (C=O) groups excluding carboxylic acids is 1. The molecule has 0 radical (unpaired) electrons. The van der Waals surface area contributed by atoms with Gasteiger partial charge in [-0.25, -0.2) is 9.78 Å². The molecule has 3 N–H and O–H groups in total. The zero-order valence-electron chi connectivity index (χ0n) is 19.5. The minimum absolute atomic E-state index is 0.0563. The monoisotopic (exact) mass is 527 g/mol. The van der Waals surface area contributed by atoms with Crippen LogP contribution in [0.1, 0.15) is 41.6 Å². The molecule has 4 rings (SSSR count). The standard InChI is InChI=1S/C27H27Cl2N3O4/c28-21-4-3-5-22(29)25(21)26(33)32-23(27(34)35)16-17-7-11-19(12-8-17)36-20-13-9-18(10-14-20)31-24-6-1-2-15-30-24/h1-8,11-12,15,18,20,23H,9-10,13-14,16H2,(H,30,31)(H,32,33)(H,34,35). The second kappa shape index (κ2) is 12.1. The van der Waals surface area contributed by atoms with Crippen LogP contribution in [0.25, 0.3) is 0 Å². The number of nitrogens with zero attached hydrogens (tertiary/aromatic N) is 1. The summed E-state index contributed by atoms with van der Waals surface area (Å²) in [6.07, 6.45) is 5.87. The first-order chi connectivity index (χ1) is 17.4. The molecule has 1 aromatic heterocycles. The fourth-order valence-corrected chi connectivity index (χ4v) is 4.83. The van der Waals surface area contributed by atoms with Gasteiger partial charge in [-0.3, -0.25) is 4.79 Å². The van der Waals surface area contributed by atoms with Gasteiger partial charge in [-0.2, -0.15) is 0 Å². The number of aromatic nitrogens is 1. The Morgan fingerprint density at radius 1 is 0.972 bits per heavy atom. The molecule has 9 heteroatoms. The molecule has 1 unspecified atom stereocenters. The predicted molar refractivity (Wildman–Crippen MR) is 140 cm³/mol. The molecule has 3 aromatic rings. The van der Waals surface area contributed by atoms with Crippen LogP contribution in [0.5, 0.6) is 5.75 Å². The lowest BCUT2D eigenvalue weighted by Gasteiger charge is -2.29. The van der Waals surface area contributed by atoms with Crippen LogP contribution in [-0.4, -0.2) is 40.2 Å². The van der Waals surface area contributed by atoms with Gasteiger partial charge in [-0.1, -0.05) is 47.5 Å². The van der Waals surface area contributed by atoms with Crippen molar-refractivity contribution >= 4 is 40.9 Å². The lowest BCUT2D eigenvalue weighted by Crippen LogP contribution is -2.42. The number of halogens is 2. The van der Waals surface area contributed by atoms with E-state index in [0.29, 0.717) is 6.04 Å². The number of carbonyl (C=O) groups is 2. The summed E-state index contributed by atoms with van der Waals surface area (Å²) in [4.78, 5) is 28.7. The Labute approximate surface area is 219 Å². The Bertz CT molecular complexity index is 1160. The number of hydrogen-bond acceptors (Lipinski definition) is 5. The van der Waals surface area contributed by atoms with E-state index >= 15 is 0 Å². The molecule has 7 nitrogen and oxygen atoms in total. The van der Waals surface area contributed by atoms with Gasteiger partial charge in [0.2, 0.25) is 0 Å². The fourth-order valence-electron chi connectivity index (χ4n) is 4.26. The molecule has 1 aliphatic rings. The first-order valence-corrected chi connectivity index (χ1v) is 12.6. The summed E-state index contributed by atoms with van der Waals surface area (Å²) in [5, 5.41) is 15.9. The number of aliphatic carboxylic acids is 1. The Balaban J connectivity index is 1.29. The zero-order valence-corrected chi connectivity index (χ0v) is 21.0. The molecule has 1 aliphatic carbocycles. The summed E-state index contributed by atoms with van der Waals surface area (Å²) in [5.74, 6) is -0.157. The second-order valence-corrected chi connectivity index (χ2v) is 9.57. The van der Waals surface area contributed by atoms with Crippen LogP contribution < -0.4 is 15.4 Å². The van der Waals surface area contributed by atoms with E-state index in [1.54, 1.807) is 12.3 Å². The van der Waals surface area contributed by atoms with Crippen molar-refractivity contribution in [3.63, 3.8) is 0 Å². The predicted octanol–water partition coefficient (Wildman–Crippen LogP) is 5.62. The number of nitrogens with one attached hydrogen (secondary N) is 2. The van der Waals surface area contributed by atoms with Crippen LogP contribution in [0.15, 0.2) is 66.9 Å². The smallest absolute Gasteiger partial charge is 0.326 e. The third-order valence-electron chi connectivity index (χ3n) is 6.15. The number of rotatable bonds is 9. The molecule has 0 aliphatic heterocycles. The highest BCUT2D eigenvalue weighted by atomic mass is 35.5. The summed E-state index contributed by atoms with van der Waals surface area (Å²) in [6, 6.07) is 17.0. The number of pyridine rings is 1. The molecular formula is C27H27Cl2N3O4. The number of anilines is 1. The van der Waals surface area contributed by atoms with E-state index in [2.05, 4.69) is 15.6 Å². The Hall–Kier alpha value is -3.29. The molecule has 1 heterocycles. The molecular weight excluding hydrogens is 501 g/mol. The summed E-state index contributed by atoms with van der Waals surface area (Å²) in [7, 11) is 0. The molecule has 0 saturated heterocycles. The van der Waals surface area contributed by atoms with Gasteiger partial charge in [0.15, 0.2) is 0 Å². The van der Waals surface area contributed by atoms with Crippen molar-refractivity contribution in [2.45, 2.75) is 50.3 Å². The molecule has 0 spiro atoms. The first kappa shape index (κ1) is 25.8. The highest BCUT2D eigenvalue weighted by molar-refractivity contribution is 6.39. The van der Waals surface area contributed by atoms with Crippen LogP contribution in [0.4, 0.5) is 5.82 Å². The number of hydrogen-bond donors (Lipinski definition) is 3.